The van der Waals surface area contributed by atoms with E-state index in [-0.39, 0.29) is 6.61 Å². The molecule has 1 aromatic carbocycles. The van der Waals surface area contributed by atoms with E-state index in [4.69, 9.17) is 5.11 Å². The zero-order valence-corrected chi connectivity index (χ0v) is 12.5. The Bertz CT molecular complexity index is 558. The zero-order valence-electron chi connectivity index (χ0n) is 10.9. The van der Waals surface area contributed by atoms with Gasteiger partial charge in [0.05, 0.1) is 6.61 Å². The summed E-state index contributed by atoms with van der Waals surface area (Å²) in [6.45, 7) is 3.25. The van der Waals surface area contributed by atoms with Gasteiger partial charge in [-0.1, -0.05) is 15.9 Å². The van der Waals surface area contributed by atoms with Gasteiger partial charge in [0.25, 0.3) is 0 Å². The summed E-state index contributed by atoms with van der Waals surface area (Å²) >= 11 is 3.52. The van der Waals surface area contributed by atoms with Crippen molar-refractivity contribution in [2.45, 2.75) is 18.9 Å². The van der Waals surface area contributed by atoms with Crippen molar-refractivity contribution < 1.29 is 5.11 Å². The molecule has 2 heterocycles. The summed E-state index contributed by atoms with van der Waals surface area (Å²) in [7, 11) is 0. The van der Waals surface area contributed by atoms with Crippen molar-refractivity contribution >= 4 is 26.8 Å². The van der Waals surface area contributed by atoms with Crippen molar-refractivity contribution in [1.29, 1.82) is 0 Å². The second-order valence-electron chi connectivity index (χ2n) is 5.22. The van der Waals surface area contributed by atoms with Gasteiger partial charge >= 0.3 is 0 Å². The first kappa shape index (κ1) is 13.2. The molecule has 19 heavy (non-hydrogen) atoms. The highest BCUT2D eigenvalue weighted by molar-refractivity contribution is 9.10. The first-order valence-electron chi connectivity index (χ1n) is 6.87. The number of β-amino-alcohol motifs (C(OH)–C–C–N with tert-alkyl or cyclic N) is 1. The van der Waals surface area contributed by atoms with Crippen molar-refractivity contribution in [3.8, 4) is 0 Å². The van der Waals surface area contributed by atoms with E-state index < -0.39 is 0 Å². The Morgan fingerprint density at radius 1 is 1.21 bits per heavy atom. The number of rotatable bonds is 3. The molecule has 1 fully saturated rings. The molecule has 1 aliphatic heterocycles. The summed E-state index contributed by atoms with van der Waals surface area (Å²) in [5.41, 5.74) is 1.32. The Balaban J connectivity index is 1.78. The minimum absolute atomic E-state index is 0.269. The van der Waals surface area contributed by atoms with Gasteiger partial charge < -0.3 is 14.6 Å². The fourth-order valence-corrected chi connectivity index (χ4v) is 3.39. The van der Waals surface area contributed by atoms with Gasteiger partial charge in [-0.2, -0.15) is 0 Å². The average molecular weight is 323 g/mol. The number of fused-ring (bicyclic) bond motifs is 1. The number of piperidine rings is 1. The van der Waals surface area contributed by atoms with Crippen molar-refractivity contribution in [3.05, 3.63) is 34.9 Å². The topological polar surface area (TPSA) is 28.4 Å². The normalized spacial score (nSPS) is 18.2. The molecule has 4 heteroatoms. The molecule has 102 valence electrons. The summed E-state index contributed by atoms with van der Waals surface area (Å²) < 4.78 is 3.55. The molecule has 0 bridgehead atoms. The second-order valence-corrected chi connectivity index (χ2v) is 6.14. The highest BCUT2D eigenvalue weighted by Gasteiger charge is 2.20. The second kappa shape index (κ2) is 5.65. The number of hydrogen-bond acceptors (Lipinski definition) is 2. The van der Waals surface area contributed by atoms with Gasteiger partial charge in [-0.15, -0.1) is 0 Å². The summed E-state index contributed by atoms with van der Waals surface area (Å²) in [4.78, 5) is 2.35. The third kappa shape index (κ3) is 2.71. The first-order chi connectivity index (χ1) is 9.28. The van der Waals surface area contributed by atoms with Crippen LogP contribution in [0, 0.1) is 0 Å². The van der Waals surface area contributed by atoms with Crippen LogP contribution in [0.5, 0.6) is 0 Å². The minimum atomic E-state index is 0.269. The van der Waals surface area contributed by atoms with Gasteiger partial charge in [-0.3, -0.25) is 0 Å². The number of hydrogen-bond donors (Lipinski definition) is 1. The van der Waals surface area contributed by atoms with E-state index in [0.717, 1.165) is 24.1 Å². The molecular formula is C15H19BrN2O. The van der Waals surface area contributed by atoms with Crippen molar-refractivity contribution in [3.63, 3.8) is 0 Å². The lowest BCUT2D eigenvalue weighted by Crippen LogP contribution is -2.36. The summed E-state index contributed by atoms with van der Waals surface area (Å²) in [5, 5.41) is 10.3. The van der Waals surface area contributed by atoms with Crippen LogP contribution >= 0.6 is 15.9 Å². The number of likely N-dealkylation sites (tertiary alicyclic amines) is 1. The van der Waals surface area contributed by atoms with Crippen LogP contribution in [0.15, 0.2) is 34.9 Å². The third-order valence-electron chi connectivity index (χ3n) is 4.05. The van der Waals surface area contributed by atoms with Gasteiger partial charge in [0.15, 0.2) is 0 Å². The Hall–Kier alpha value is -0.840. The van der Waals surface area contributed by atoms with Crippen LogP contribution in [0.3, 0.4) is 0 Å². The fraction of sp³-hybridized carbons (Fsp3) is 0.467. The molecule has 3 rings (SSSR count). The molecule has 1 saturated heterocycles. The average Bonchev–Trinajstić information content (AvgIpc) is 2.83. The van der Waals surface area contributed by atoms with Gasteiger partial charge in [0, 0.05) is 47.2 Å². The SMILES string of the molecule is OCCN1CCC(n2ccc3cc(Br)ccc32)CC1. The molecule has 1 N–H and O–H groups in total. The standard InChI is InChI=1S/C15H19BrN2O/c16-13-1-2-15-12(11-13)3-8-18(15)14-4-6-17(7-5-14)9-10-19/h1-3,8,11,14,19H,4-7,9-10H2. The molecule has 1 aliphatic rings. The summed E-state index contributed by atoms with van der Waals surface area (Å²) in [6, 6.07) is 9.26. The Morgan fingerprint density at radius 2 is 2.00 bits per heavy atom. The minimum Gasteiger partial charge on any atom is -0.395 e. The van der Waals surface area contributed by atoms with E-state index in [9.17, 15) is 0 Å². The predicted molar refractivity (Wildman–Crippen MR) is 81.4 cm³/mol. The van der Waals surface area contributed by atoms with Gasteiger partial charge in [0.1, 0.15) is 0 Å². The molecule has 3 nitrogen and oxygen atoms in total. The lowest BCUT2D eigenvalue weighted by molar-refractivity contribution is 0.151. The lowest BCUT2D eigenvalue weighted by atomic mass is 10.0. The number of halogens is 1. The first-order valence-corrected chi connectivity index (χ1v) is 7.66. The molecular weight excluding hydrogens is 304 g/mol. The van der Waals surface area contributed by atoms with Crippen LogP contribution in [0.2, 0.25) is 0 Å². The number of benzene rings is 1. The number of aliphatic hydroxyl groups excluding tert-OH is 1. The smallest absolute Gasteiger partial charge is 0.0558 e. The lowest BCUT2D eigenvalue weighted by Gasteiger charge is -2.32. The van der Waals surface area contributed by atoms with E-state index in [1.54, 1.807) is 0 Å². The maximum atomic E-state index is 8.98. The van der Waals surface area contributed by atoms with Crippen LogP contribution in [-0.2, 0) is 0 Å². The molecule has 0 saturated carbocycles. The number of aliphatic hydroxyl groups is 1. The maximum Gasteiger partial charge on any atom is 0.0558 e. The van der Waals surface area contributed by atoms with Crippen LogP contribution < -0.4 is 0 Å². The van der Waals surface area contributed by atoms with Crippen LogP contribution in [0.1, 0.15) is 18.9 Å². The number of aromatic nitrogens is 1. The Morgan fingerprint density at radius 3 is 2.74 bits per heavy atom. The molecule has 0 aliphatic carbocycles. The molecule has 0 radical (unpaired) electrons. The molecule has 2 aromatic rings. The largest absolute Gasteiger partial charge is 0.395 e. The third-order valence-corrected chi connectivity index (χ3v) is 4.54. The molecule has 0 amide bonds. The highest BCUT2D eigenvalue weighted by Crippen LogP contribution is 2.29. The van der Waals surface area contributed by atoms with Gasteiger partial charge in [-0.05, 0) is 37.1 Å². The molecule has 0 spiro atoms. The van der Waals surface area contributed by atoms with Crippen molar-refractivity contribution in [1.82, 2.24) is 9.47 Å². The van der Waals surface area contributed by atoms with Crippen LogP contribution in [-0.4, -0.2) is 40.8 Å². The monoisotopic (exact) mass is 322 g/mol. The Kier molecular flexibility index (Phi) is 3.91. The predicted octanol–water partition coefficient (Wildman–Crippen LogP) is 3.03. The fourth-order valence-electron chi connectivity index (χ4n) is 3.02. The number of nitrogens with zero attached hydrogens (tertiary/aromatic N) is 2. The van der Waals surface area contributed by atoms with E-state index in [1.807, 2.05) is 0 Å². The van der Waals surface area contributed by atoms with Crippen molar-refractivity contribution in [2.75, 3.05) is 26.2 Å². The van der Waals surface area contributed by atoms with Gasteiger partial charge in [-0.25, -0.2) is 0 Å². The maximum absolute atomic E-state index is 8.98. The molecule has 0 atom stereocenters. The highest BCUT2D eigenvalue weighted by atomic mass is 79.9. The summed E-state index contributed by atoms with van der Waals surface area (Å²) in [5.74, 6) is 0. The summed E-state index contributed by atoms with van der Waals surface area (Å²) in [6.07, 6.45) is 4.54. The van der Waals surface area contributed by atoms with Crippen LogP contribution in [0.25, 0.3) is 10.9 Å². The van der Waals surface area contributed by atoms with E-state index in [1.165, 1.54) is 23.7 Å². The van der Waals surface area contributed by atoms with Gasteiger partial charge in [0.2, 0.25) is 0 Å². The zero-order chi connectivity index (χ0) is 13.2. The van der Waals surface area contributed by atoms with E-state index in [2.05, 4.69) is 55.9 Å². The quantitative estimate of drug-likeness (QED) is 0.940. The molecule has 0 unspecified atom stereocenters. The van der Waals surface area contributed by atoms with Crippen molar-refractivity contribution in [2.24, 2.45) is 0 Å². The Labute approximate surface area is 122 Å². The van der Waals surface area contributed by atoms with Crippen LogP contribution in [0.4, 0.5) is 0 Å². The van der Waals surface area contributed by atoms with E-state index >= 15 is 0 Å². The molecule has 1 aromatic heterocycles. The van der Waals surface area contributed by atoms with E-state index in [0.29, 0.717) is 6.04 Å².